The van der Waals surface area contributed by atoms with Gasteiger partial charge in [-0.05, 0) is 19.3 Å². The lowest BCUT2D eigenvalue weighted by Crippen LogP contribution is -2.48. The first-order chi connectivity index (χ1) is 14.4. The van der Waals surface area contributed by atoms with E-state index in [0.29, 0.717) is 24.3 Å². The highest BCUT2D eigenvalue weighted by Crippen LogP contribution is 2.23. The summed E-state index contributed by atoms with van der Waals surface area (Å²) in [5, 5.41) is 24.3. The van der Waals surface area contributed by atoms with E-state index in [1.807, 2.05) is 0 Å². The minimum Gasteiger partial charge on any atom is -0.548 e. The van der Waals surface area contributed by atoms with Crippen molar-refractivity contribution in [3.8, 4) is 0 Å². The van der Waals surface area contributed by atoms with Gasteiger partial charge in [-0.3, -0.25) is 4.79 Å². The van der Waals surface area contributed by atoms with Crippen LogP contribution < -0.4 is 21.3 Å². The van der Waals surface area contributed by atoms with Crippen LogP contribution in [0.5, 0.6) is 0 Å². The van der Waals surface area contributed by atoms with Gasteiger partial charge in [-0.25, -0.2) is 0 Å². The molecular formula is C21H38N2O5S2-2. The van der Waals surface area contributed by atoms with E-state index in [0.717, 1.165) is 19.3 Å². The number of carbonyl (C=O) groups is 3. The molecule has 2 unspecified atom stereocenters. The van der Waals surface area contributed by atoms with Gasteiger partial charge in [0.2, 0.25) is 5.91 Å². The minimum absolute atomic E-state index is 0.249. The van der Waals surface area contributed by atoms with Gasteiger partial charge in [-0.2, -0.15) is 0 Å². The average molecular weight is 463 g/mol. The van der Waals surface area contributed by atoms with Gasteiger partial charge in [0.25, 0.3) is 0 Å². The lowest BCUT2D eigenvalue weighted by Gasteiger charge is -2.19. The molecule has 0 bridgehead atoms. The van der Waals surface area contributed by atoms with E-state index in [1.54, 1.807) is 0 Å². The maximum absolute atomic E-state index is 12.0. The molecule has 0 rings (SSSR count). The second kappa shape index (κ2) is 20.0. The molecule has 0 aromatic heterocycles. The van der Waals surface area contributed by atoms with Gasteiger partial charge < -0.3 is 30.9 Å². The fraction of sp³-hybridized carbons (Fsp3) is 0.857. The number of carboxylic acids is 2. The van der Waals surface area contributed by atoms with E-state index < -0.39 is 24.0 Å². The summed E-state index contributed by atoms with van der Waals surface area (Å²) in [4.78, 5) is 33.7. The van der Waals surface area contributed by atoms with Crippen molar-refractivity contribution >= 4 is 39.4 Å². The molecule has 1 amide bonds. The molecular weight excluding hydrogens is 424 g/mol. The quantitative estimate of drug-likeness (QED) is 0.195. The lowest BCUT2D eigenvalue weighted by molar-refractivity contribution is -0.309. The number of hydrogen-bond donors (Lipinski definition) is 2. The van der Waals surface area contributed by atoms with Crippen LogP contribution in [0.1, 0.15) is 90.4 Å². The Morgan fingerprint density at radius 2 is 1.30 bits per heavy atom. The van der Waals surface area contributed by atoms with Gasteiger partial charge in [0.1, 0.15) is 0 Å². The Morgan fingerprint density at radius 3 is 1.80 bits per heavy atom. The summed E-state index contributed by atoms with van der Waals surface area (Å²) in [5.41, 5.74) is 5.35. The van der Waals surface area contributed by atoms with Crippen molar-refractivity contribution in [2.45, 2.75) is 102 Å². The lowest BCUT2D eigenvalue weighted by atomic mass is 10.1. The molecule has 3 N–H and O–H groups in total. The molecule has 0 aromatic rings. The number of amides is 1. The van der Waals surface area contributed by atoms with Crippen LogP contribution >= 0.6 is 21.6 Å². The summed E-state index contributed by atoms with van der Waals surface area (Å²) in [5.74, 6) is -1.77. The topological polar surface area (TPSA) is 135 Å². The van der Waals surface area contributed by atoms with Crippen molar-refractivity contribution in [1.82, 2.24) is 5.32 Å². The van der Waals surface area contributed by atoms with E-state index in [1.165, 1.54) is 66.5 Å². The summed E-state index contributed by atoms with van der Waals surface area (Å²) in [6.07, 6.45) is 12.7. The van der Waals surface area contributed by atoms with Crippen LogP contribution in [-0.2, 0) is 14.4 Å². The second-order valence-electron chi connectivity index (χ2n) is 7.52. The first-order valence-corrected chi connectivity index (χ1v) is 13.6. The summed E-state index contributed by atoms with van der Waals surface area (Å²) in [6.45, 7) is 2.21. The van der Waals surface area contributed by atoms with Crippen LogP contribution in [0.2, 0.25) is 0 Å². The van der Waals surface area contributed by atoms with Crippen molar-refractivity contribution in [1.29, 1.82) is 0 Å². The number of carboxylic acid groups (broad SMARTS) is 2. The standard InChI is InChI=1S/C21H40N2O5S2/c1-2-3-4-5-6-7-8-9-10-11-12-19(24)23-18(21(27)28)14-16-30-29-15-13-17(22)20(25)26/h17-18H,2-16,22H2,1H3,(H,23,24)(H,25,26)(H,27,28)/p-2. The highest BCUT2D eigenvalue weighted by molar-refractivity contribution is 8.76. The summed E-state index contributed by atoms with van der Waals surface area (Å²) in [6, 6.07) is -1.99. The van der Waals surface area contributed by atoms with Crippen LogP contribution in [0.25, 0.3) is 0 Å². The van der Waals surface area contributed by atoms with Crippen LogP contribution in [0.4, 0.5) is 0 Å². The third-order valence-corrected chi connectivity index (χ3v) is 7.24. The van der Waals surface area contributed by atoms with Gasteiger partial charge in [0, 0.05) is 24.0 Å². The fourth-order valence-electron chi connectivity index (χ4n) is 2.87. The summed E-state index contributed by atoms with van der Waals surface area (Å²) in [7, 11) is 2.84. The molecule has 30 heavy (non-hydrogen) atoms. The van der Waals surface area contributed by atoms with Gasteiger partial charge in [0.05, 0.1) is 18.0 Å². The largest absolute Gasteiger partial charge is 0.548 e. The van der Waals surface area contributed by atoms with Gasteiger partial charge >= 0.3 is 0 Å². The third-order valence-electron chi connectivity index (χ3n) is 4.77. The molecule has 0 aliphatic carbocycles. The Kier molecular flexibility index (Phi) is 19.4. The third kappa shape index (κ3) is 17.9. The highest BCUT2D eigenvalue weighted by Gasteiger charge is 2.13. The number of rotatable bonds is 21. The number of nitrogens with two attached hydrogens (primary N) is 1. The summed E-state index contributed by atoms with van der Waals surface area (Å²) < 4.78 is 0. The molecule has 0 heterocycles. The van der Waals surface area contributed by atoms with Crippen molar-refractivity contribution in [3.63, 3.8) is 0 Å². The molecule has 0 aromatic carbocycles. The molecule has 0 saturated carbocycles. The maximum atomic E-state index is 12.0. The Morgan fingerprint density at radius 1 is 0.800 bits per heavy atom. The monoisotopic (exact) mass is 462 g/mol. The number of unbranched alkanes of at least 4 members (excludes halogenated alkanes) is 9. The molecule has 0 saturated heterocycles. The Balaban J connectivity index is 3.73. The second-order valence-corrected chi connectivity index (χ2v) is 10.2. The van der Waals surface area contributed by atoms with Crippen LogP contribution in [0.3, 0.4) is 0 Å². The molecule has 7 nitrogen and oxygen atoms in total. The predicted octanol–water partition coefficient (Wildman–Crippen LogP) is 1.77. The van der Waals surface area contributed by atoms with Crippen molar-refractivity contribution in [2.75, 3.05) is 11.5 Å². The van der Waals surface area contributed by atoms with E-state index in [9.17, 15) is 24.6 Å². The molecule has 9 heteroatoms. The number of aliphatic carboxylic acids is 2. The predicted molar refractivity (Wildman–Crippen MR) is 121 cm³/mol. The van der Waals surface area contributed by atoms with Crippen LogP contribution in [-0.4, -0.2) is 41.4 Å². The normalized spacial score (nSPS) is 13.0. The Labute approximate surface area is 189 Å². The molecule has 0 radical (unpaired) electrons. The Hall–Kier alpha value is -0.930. The first-order valence-electron chi connectivity index (χ1n) is 11.1. The SMILES string of the molecule is CCCCCCCCCCCCC(=O)NC(CCSSCCC(N)C(=O)[O-])C(=O)[O-]. The van der Waals surface area contributed by atoms with Gasteiger partial charge in [0.15, 0.2) is 0 Å². The van der Waals surface area contributed by atoms with E-state index in [4.69, 9.17) is 5.73 Å². The molecule has 0 spiro atoms. The van der Waals surface area contributed by atoms with Crippen molar-refractivity contribution in [2.24, 2.45) is 5.73 Å². The van der Waals surface area contributed by atoms with Crippen molar-refractivity contribution < 1.29 is 24.6 Å². The molecule has 176 valence electrons. The number of hydrogen-bond acceptors (Lipinski definition) is 8. The van der Waals surface area contributed by atoms with E-state index in [2.05, 4.69) is 12.2 Å². The number of nitrogens with one attached hydrogen (secondary N) is 1. The first kappa shape index (κ1) is 29.1. The van der Waals surface area contributed by atoms with Gasteiger partial charge in [-0.1, -0.05) is 86.3 Å². The van der Waals surface area contributed by atoms with E-state index >= 15 is 0 Å². The zero-order valence-electron chi connectivity index (χ0n) is 18.2. The van der Waals surface area contributed by atoms with Gasteiger partial charge in [-0.15, -0.1) is 0 Å². The fourth-order valence-corrected chi connectivity index (χ4v) is 5.07. The molecule has 0 fully saturated rings. The van der Waals surface area contributed by atoms with E-state index in [-0.39, 0.29) is 12.3 Å². The average Bonchev–Trinajstić information content (AvgIpc) is 2.70. The van der Waals surface area contributed by atoms with Crippen molar-refractivity contribution in [3.05, 3.63) is 0 Å². The smallest absolute Gasteiger partial charge is 0.220 e. The zero-order valence-corrected chi connectivity index (χ0v) is 19.8. The molecule has 0 aliphatic rings. The zero-order chi connectivity index (χ0) is 22.6. The highest BCUT2D eigenvalue weighted by atomic mass is 33.1. The van der Waals surface area contributed by atoms with Crippen LogP contribution in [0, 0.1) is 0 Å². The Bertz CT molecular complexity index is 480. The minimum atomic E-state index is -1.28. The maximum Gasteiger partial charge on any atom is 0.220 e. The van der Waals surface area contributed by atoms with Crippen LogP contribution in [0.15, 0.2) is 0 Å². The summed E-state index contributed by atoms with van der Waals surface area (Å²) >= 11 is 0. The molecule has 2 atom stereocenters. The number of carbonyl (C=O) groups excluding carboxylic acids is 3. The molecule has 0 aliphatic heterocycles.